The fourth-order valence-corrected chi connectivity index (χ4v) is 2.93. The first-order chi connectivity index (χ1) is 16.1. The van der Waals surface area contributed by atoms with Gasteiger partial charge in [0.15, 0.2) is 23.6 Å². The first-order valence-electron chi connectivity index (χ1n) is 9.88. The summed E-state index contributed by atoms with van der Waals surface area (Å²) in [5.41, 5.74) is 0.375. The smallest absolute Gasteiger partial charge is 0.338 e. The maximum atomic E-state index is 13.6. The highest BCUT2D eigenvalue weighted by Crippen LogP contribution is 2.19. The Balaban J connectivity index is 1.53. The van der Waals surface area contributed by atoms with Crippen molar-refractivity contribution in [2.24, 2.45) is 0 Å². The number of H-pyrrole nitrogens is 1. The van der Waals surface area contributed by atoms with Gasteiger partial charge in [-0.15, -0.1) is 0 Å². The molecule has 0 spiro atoms. The molecule has 3 N–H and O–H groups in total. The van der Waals surface area contributed by atoms with Crippen LogP contribution in [-0.2, 0) is 14.3 Å². The molecular weight excluding hydrogens is 457 g/mol. The summed E-state index contributed by atoms with van der Waals surface area (Å²) in [6.45, 7) is 2.37. The van der Waals surface area contributed by atoms with E-state index in [9.17, 15) is 32.3 Å². The van der Waals surface area contributed by atoms with E-state index in [1.165, 1.54) is 35.8 Å². The van der Waals surface area contributed by atoms with Crippen LogP contribution in [0.1, 0.15) is 23.0 Å². The normalized spacial score (nSPS) is 11.6. The van der Waals surface area contributed by atoms with Crippen molar-refractivity contribution in [3.63, 3.8) is 0 Å². The summed E-state index contributed by atoms with van der Waals surface area (Å²) in [6.07, 6.45) is 0.258. The molecule has 1 heterocycles. The van der Waals surface area contributed by atoms with Crippen LogP contribution in [0.4, 0.5) is 18.9 Å². The van der Waals surface area contributed by atoms with Gasteiger partial charge in [0.05, 0.1) is 23.5 Å². The fraction of sp³-hybridized carbons (Fsp3) is 0.182. The zero-order valence-corrected chi connectivity index (χ0v) is 17.9. The lowest BCUT2D eigenvalue weighted by atomic mass is 10.2. The van der Waals surface area contributed by atoms with Gasteiger partial charge in [0, 0.05) is 11.9 Å². The highest BCUT2D eigenvalue weighted by Gasteiger charge is 2.21. The number of aryl methyl sites for hydroxylation is 1. The van der Waals surface area contributed by atoms with Crippen LogP contribution in [0.3, 0.4) is 0 Å². The van der Waals surface area contributed by atoms with E-state index in [-0.39, 0.29) is 11.3 Å². The van der Waals surface area contributed by atoms with Crippen LogP contribution >= 0.6 is 0 Å². The number of aromatic amines is 1. The van der Waals surface area contributed by atoms with Crippen molar-refractivity contribution >= 4 is 23.5 Å². The molecule has 1 aromatic heterocycles. The lowest BCUT2D eigenvalue weighted by Gasteiger charge is -2.14. The number of esters is 1. The average molecular weight is 476 g/mol. The number of benzene rings is 2. The molecule has 3 aromatic rings. The highest BCUT2D eigenvalue weighted by atomic mass is 19.2. The Hall–Kier alpha value is -4.35. The molecule has 34 heavy (non-hydrogen) atoms. The molecule has 12 heteroatoms. The number of nitrogens with zero attached hydrogens (tertiary/aromatic N) is 1. The van der Waals surface area contributed by atoms with Crippen molar-refractivity contribution in [1.82, 2.24) is 14.9 Å². The lowest BCUT2D eigenvalue weighted by Crippen LogP contribution is -2.40. The van der Waals surface area contributed by atoms with Crippen LogP contribution in [-0.4, -0.2) is 40.0 Å². The summed E-state index contributed by atoms with van der Waals surface area (Å²) < 4.78 is 46.2. The maximum absolute atomic E-state index is 13.6. The molecule has 0 aliphatic carbocycles. The monoisotopic (exact) mass is 476 g/mol. The van der Waals surface area contributed by atoms with Crippen LogP contribution in [0.5, 0.6) is 0 Å². The maximum Gasteiger partial charge on any atom is 0.338 e. The zero-order valence-electron chi connectivity index (χ0n) is 17.9. The second-order valence-electron chi connectivity index (χ2n) is 7.15. The van der Waals surface area contributed by atoms with E-state index >= 15 is 0 Å². The van der Waals surface area contributed by atoms with Gasteiger partial charge in [-0.05, 0) is 50.2 Å². The summed E-state index contributed by atoms with van der Waals surface area (Å²) in [4.78, 5) is 50.7. The van der Waals surface area contributed by atoms with E-state index in [0.29, 0.717) is 17.4 Å². The molecule has 178 valence electrons. The van der Waals surface area contributed by atoms with Gasteiger partial charge in [0.1, 0.15) is 0 Å². The predicted molar refractivity (Wildman–Crippen MR) is 114 cm³/mol. The molecule has 3 rings (SSSR count). The molecule has 0 aliphatic heterocycles. The number of anilines is 1. The minimum atomic E-state index is -1.74. The topological polar surface area (TPSA) is 122 Å². The molecule has 0 saturated carbocycles. The minimum absolute atomic E-state index is 0.121. The number of hydrogen-bond acceptors (Lipinski definition) is 5. The van der Waals surface area contributed by atoms with Crippen LogP contribution in [0.15, 0.2) is 47.4 Å². The molecular formula is C22H19F3N4O5. The first-order valence-corrected chi connectivity index (χ1v) is 9.88. The van der Waals surface area contributed by atoms with Gasteiger partial charge in [0.2, 0.25) is 5.91 Å². The second kappa shape index (κ2) is 10.1. The third kappa shape index (κ3) is 5.34. The van der Waals surface area contributed by atoms with Crippen molar-refractivity contribution in [2.75, 3.05) is 11.9 Å². The highest BCUT2D eigenvalue weighted by molar-refractivity contribution is 5.96. The number of hydrogen-bond donors (Lipinski definition) is 3. The summed E-state index contributed by atoms with van der Waals surface area (Å²) in [5.74, 6) is -7.29. The third-order valence-electron chi connectivity index (χ3n) is 4.71. The van der Waals surface area contributed by atoms with Crippen molar-refractivity contribution in [2.45, 2.75) is 20.0 Å². The van der Waals surface area contributed by atoms with Gasteiger partial charge in [-0.3, -0.25) is 14.2 Å². The first kappa shape index (κ1) is 24.3. The molecule has 1 atom stereocenters. The number of carbonyl (C=O) groups is 3. The number of aromatic nitrogens is 2. The summed E-state index contributed by atoms with van der Waals surface area (Å²) >= 11 is 0. The van der Waals surface area contributed by atoms with Gasteiger partial charge in [-0.25, -0.2) is 22.8 Å². The Labute approximate surface area is 190 Å². The largest absolute Gasteiger partial charge is 0.449 e. The Morgan fingerprint density at radius 2 is 1.74 bits per heavy atom. The van der Waals surface area contributed by atoms with Crippen LogP contribution < -0.4 is 16.3 Å². The third-order valence-corrected chi connectivity index (χ3v) is 4.71. The molecule has 1 unspecified atom stereocenters. The SMILES string of the molecule is Cc1c[nH]c(=O)n1-c1ccc(C(=O)OC(C)C(=O)NCC(=O)Nc2ccc(F)c(F)c2F)cc1. The summed E-state index contributed by atoms with van der Waals surface area (Å²) in [6, 6.07) is 7.38. The predicted octanol–water partition coefficient (Wildman–Crippen LogP) is 2.19. The number of rotatable bonds is 7. The quantitative estimate of drug-likeness (QED) is 0.357. The number of nitrogens with one attached hydrogen (secondary N) is 3. The molecule has 2 aromatic carbocycles. The molecule has 0 fully saturated rings. The Bertz CT molecular complexity index is 1300. The fourth-order valence-electron chi connectivity index (χ4n) is 2.93. The van der Waals surface area contributed by atoms with Crippen LogP contribution in [0.25, 0.3) is 5.69 Å². The van der Waals surface area contributed by atoms with E-state index in [1.807, 2.05) is 5.32 Å². The molecule has 0 saturated heterocycles. The Kier molecular flexibility index (Phi) is 7.19. The van der Waals surface area contributed by atoms with E-state index in [4.69, 9.17) is 4.74 Å². The van der Waals surface area contributed by atoms with Gasteiger partial charge in [-0.2, -0.15) is 0 Å². The Morgan fingerprint density at radius 3 is 2.35 bits per heavy atom. The van der Waals surface area contributed by atoms with E-state index < -0.39 is 53.6 Å². The molecule has 0 aliphatic rings. The number of carbonyl (C=O) groups excluding carboxylic acids is 3. The average Bonchev–Trinajstić information content (AvgIpc) is 3.15. The number of amides is 2. The summed E-state index contributed by atoms with van der Waals surface area (Å²) in [7, 11) is 0. The minimum Gasteiger partial charge on any atom is -0.449 e. The van der Waals surface area contributed by atoms with Crippen LogP contribution in [0.2, 0.25) is 0 Å². The molecule has 0 bridgehead atoms. The molecule has 0 radical (unpaired) electrons. The second-order valence-corrected chi connectivity index (χ2v) is 7.15. The van der Waals surface area contributed by atoms with E-state index in [0.717, 1.165) is 6.07 Å². The number of imidazole rings is 1. The van der Waals surface area contributed by atoms with E-state index in [2.05, 4.69) is 10.3 Å². The van der Waals surface area contributed by atoms with Gasteiger partial charge >= 0.3 is 11.7 Å². The molecule has 2 amide bonds. The van der Waals surface area contributed by atoms with Crippen molar-refractivity contribution < 1.29 is 32.3 Å². The number of ether oxygens (including phenoxy) is 1. The standard InChI is InChI=1S/C22H19F3N4O5/c1-11-9-27-22(33)29(11)14-5-3-13(4-6-14)21(32)34-12(2)20(31)26-10-17(30)28-16-8-7-15(23)18(24)19(16)25/h3-9,12H,10H2,1-2H3,(H,26,31)(H,27,33)(H,28,30). The van der Waals surface area contributed by atoms with Crippen molar-refractivity contribution in [3.05, 3.63) is 81.8 Å². The lowest BCUT2D eigenvalue weighted by molar-refractivity contribution is -0.130. The zero-order chi connectivity index (χ0) is 25.0. The van der Waals surface area contributed by atoms with Gasteiger partial charge in [0.25, 0.3) is 5.91 Å². The number of halogens is 3. The Morgan fingerprint density at radius 1 is 1.06 bits per heavy atom. The van der Waals surface area contributed by atoms with Crippen LogP contribution in [0, 0.1) is 24.4 Å². The van der Waals surface area contributed by atoms with Gasteiger partial charge < -0.3 is 20.4 Å². The van der Waals surface area contributed by atoms with E-state index in [1.54, 1.807) is 13.1 Å². The summed E-state index contributed by atoms with van der Waals surface area (Å²) in [5, 5.41) is 4.18. The van der Waals surface area contributed by atoms with Crippen molar-refractivity contribution in [3.8, 4) is 5.69 Å². The molecule has 9 nitrogen and oxygen atoms in total. The van der Waals surface area contributed by atoms with Gasteiger partial charge in [-0.1, -0.05) is 0 Å². The van der Waals surface area contributed by atoms with Crippen molar-refractivity contribution in [1.29, 1.82) is 0 Å².